The SMILES string of the molecule is C=C(/C=C(\N=C(N)N)c1ccc(OC[C@H](N)C(=O)O)cc1)O[C@@H](c1ccc(-c2cccc(F)c2)cc1)C(F)(F)F. The number of hydrogen-bond acceptors (Lipinski definition) is 5. The molecule has 0 aliphatic carbocycles. The molecule has 0 saturated heterocycles. The Morgan fingerprint density at radius 3 is 2.23 bits per heavy atom. The summed E-state index contributed by atoms with van der Waals surface area (Å²) in [5.74, 6) is -2.16. The number of hydrogen-bond donors (Lipinski definition) is 4. The second-order valence-corrected chi connectivity index (χ2v) is 8.48. The minimum absolute atomic E-state index is 0.0427. The molecule has 0 fully saturated rings. The Bertz CT molecular complexity index is 1400. The number of aliphatic carboxylic acids is 1. The number of carboxylic acid groups (broad SMARTS) is 1. The molecule has 40 heavy (non-hydrogen) atoms. The number of allylic oxidation sites excluding steroid dienone is 1. The molecule has 0 aliphatic heterocycles. The molecular weight excluding hydrogens is 532 g/mol. The predicted octanol–water partition coefficient (Wildman–Crippen LogP) is 4.73. The third-order valence-electron chi connectivity index (χ3n) is 5.38. The second-order valence-electron chi connectivity index (χ2n) is 8.48. The number of rotatable bonds is 11. The molecule has 0 radical (unpaired) electrons. The van der Waals surface area contributed by atoms with Crippen LogP contribution < -0.4 is 21.9 Å². The van der Waals surface area contributed by atoms with Crippen molar-refractivity contribution in [1.82, 2.24) is 0 Å². The van der Waals surface area contributed by atoms with Crippen molar-refractivity contribution in [3.63, 3.8) is 0 Å². The minimum Gasteiger partial charge on any atom is -0.491 e. The van der Waals surface area contributed by atoms with Crippen molar-refractivity contribution in [3.8, 4) is 16.9 Å². The molecule has 210 valence electrons. The number of halogens is 4. The zero-order valence-corrected chi connectivity index (χ0v) is 20.9. The Labute approximate surface area is 227 Å². The van der Waals surface area contributed by atoms with E-state index in [1.54, 1.807) is 6.07 Å². The first-order valence-corrected chi connectivity index (χ1v) is 11.6. The molecule has 0 spiro atoms. The average Bonchev–Trinajstić information content (AvgIpc) is 2.89. The molecule has 7 N–H and O–H groups in total. The normalized spacial score (nSPS) is 13.2. The maximum atomic E-state index is 14.0. The lowest BCUT2D eigenvalue weighted by molar-refractivity contribution is -0.211. The summed E-state index contributed by atoms with van der Waals surface area (Å²) in [5, 5.41) is 8.84. The van der Waals surface area contributed by atoms with Crippen LogP contribution in [0.3, 0.4) is 0 Å². The topological polar surface area (TPSA) is 146 Å². The number of guanidine groups is 1. The highest BCUT2D eigenvalue weighted by molar-refractivity contribution is 5.84. The van der Waals surface area contributed by atoms with Gasteiger partial charge in [0.15, 0.2) is 5.96 Å². The van der Waals surface area contributed by atoms with E-state index < -0.39 is 30.1 Å². The molecule has 3 aromatic carbocycles. The summed E-state index contributed by atoms with van der Waals surface area (Å²) in [4.78, 5) is 14.8. The number of aliphatic imine (C=N–C) groups is 1. The number of carbonyl (C=O) groups is 1. The van der Waals surface area contributed by atoms with E-state index in [0.29, 0.717) is 22.4 Å². The summed E-state index contributed by atoms with van der Waals surface area (Å²) in [6, 6.07) is 15.7. The lowest BCUT2D eigenvalue weighted by Gasteiger charge is -2.23. The molecule has 8 nitrogen and oxygen atoms in total. The molecular formula is C28H26F4N4O4. The average molecular weight is 559 g/mol. The Kier molecular flexibility index (Phi) is 9.51. The van der Waals surface area contributed by atoms with Gasteiger partial charge < -0.3 is 31.8 Å². The van der Waals surface area contributed by atoms with E-state index in [9.17, 15) is 22.4 Å². The van der Waals surface area contributed by atoms with Gasteiger partial charge in [-0.25, -0.2) is 9.38 Å². The zero-order chi connectivity index (χ0) is 29.4. The van der Waals surface area contributed by atoms with Gasteiger partial charge in [0.1, 0.15) is 30.0 Å². The first-order chi connectivity index (χ1) is 18.8. The third kappa shape index (κ3) is 8.33. The molecule has 0 aliphatic rings. The van der Waals surface area contributed by atoms with Gasteiger partial charge in [-0.15, -0.1) is 0 Å². The number of alkyl halides is 3. The van der Waals surface area contributed by atoms with Crippen LogP contribution in [-0.4, -0.2) is 35.9 Å². The van der Waals surface area contributed by atoms with Crippen molar-refractivity contribution in [2.45, 2.75) is 18.3 Å². The van der Waals surface area contributed by atoms with Gasteiger partial charge in [0.05, 0.1) is 5.70 Å². The first-order valence-electron chi connectivity index (χ1n) is 11.6. The molecule has 2 atom stereocenters. The van der Waals surface area contributed by atoms with Crippen LogP contribution in [0.15, 0.2) is 96.2 Å². The summed E-state index contributed by atoms with van der Waals surface area (Å²) in [7, 11) is 0. The highest BCUT2D eigenvalue weighted by Crippen LogP contribution is 2.38. The molecule has 3 aromatic rings. The van der Waals surface area contributed by atoms with E-state index in [1.165, 1.54) is 66.7 Å². The van der Waals surface area contributed by atoms with Gasteiger partial charge >= 0.3 is 12.1 Å². The fourth-order valence-electron chi connectivity index (χ4n) is 3.48. The molecule has 3 rings (SSSR count). The second kappa shape index (κ2) is 12.8. The van der Waals surface area contributed by atoms with Crippen molar-refractivity contribution in [2.24, 2.45) is 22.2 Å². The Balaban J connectivity index is 1.82. The smallest absolute Gasteiger partial charge is 0.429 e. The molecule has 12 heteroatoms. The van der Waals surface area contributed by atoms with E-state index in [-0.39, 0.29) is 29.6 Å². The molecule has 0 amide bonds. The fraction of sp³-hybridized carbons (Fsp3) is 0.143. The number of benzene rings is 3. The highest BCUT2D eigenvalue weighted by Gasteiger charge is 2.43. The monoisotopic (exact) mass is 558 g/mol. The highest BCUT2D eigenvalue weighted by atomic mass is 19.4. The number of nitrogens with two attached hydrogens (primary N) is 3. The fourth-order valence-corrected chi connectivity index (χ4v) is 3.48. The van der Waals surface area contributed by atoms with Gasteiger partial charge in [-0.2, -0.15) is 13.2 Å². The maximum absolute atomic E-state index is 14.0. The molecule has 0 unspecified atom stereocenters. The molecule has 0 bridgehead atoms. The van der Waals surface area contributed by atoms with Gasteiger partial charge in [-0.3, -0.25) is 4.79 Å². The summed E-state index contributed by atoms with van der Waals surface area (Å²) in [6.07, 6.45) is -6.04. The lowest BCUT2D eigenvalue weighted by atomic mass is 10.0. The Hall–Kier alpha value is -4.84. The van der Waals surface area contributed by atoms with Gasteiger partial charge in [0.25, 0.3) is 0 Å². The van der Waals surface area contributed by atoms with Crippen molar-refractivity contribution in [2.75, 3.05) is 6.61 Å². The van der Waals surface area contributed by atoms with E-state index in [4.69, 9.17) is 31.8 Å². The van der Waals surface area contributed by atoms with Crippen LogP contribution in [0.5, 0.6) is 5.75 Å². The third-order valence-corrected chi connectivity index (χ3v) is 5.38. The van der Waals surface area contributed by atoms with Crippen LogP contribution in [0.1, 0.15) is 17.2 Å². The molecule has 0 heterocycles. The van der Waals surface area contributed by atoms with E-state index >= 15 is 0 Å². The van der Waals surface area contributed by atoms with Crippen LogP contribution in [-0.2, 0) is 9.53 Å². The summed E-state index contributed by atoms with van der Waals surface area (Å²) in [6.45, 7) is 3.30. The first kappa shape index (κ1) is 29.7. The van der Waals surface area contributed by atoms with E-state index in [1.807, 2.05) is 0 Å². The van der Waals surface area contributed by atoms with Gasteiger partial charge in [-0.1, -0.05) is 43.0 Å². The molecule has 0 saturated carbocycles. The summed E-state index contributed by atoms with van der Waals surface area (Å²) in [5.41, 5.74) is 17.6. The van der Waals surface area contributed by atoms with Crippen molar-refractivity contribution >= 4 is 17.6 Å². The number of nitrogens with zero attached hydrogens (tertiary/aromatic N) is 1. The van der Waals surface area contributed by atoms with Crippen LogP contribution in [0.4, 0.5) is 17.6 Å². The van der Waals surface area contributed by atoms with Crippen LogP contribution >= 0.6 is 0 Å². The Morgan fingerprint density at radius 1 is 1.02 bits per heavy atom. The summed E-state index contributed by atoms with van der Waals surface area (Å²) >= 11 is 0. The predicted molar refractivity (Wildman–Crippen MR) is 142 cm³/mol. The quantitative estimate of drug-likeness (QED) is 0.0875. The largest absolute Gasteiger partial charge is 0.491 e. The van der Waals surface area contributed by atoms with Gasteiger partial charge in [0.2, 0.25) is 6.10 Å². The maximum Gasteiger partial charge on any atom is 0.429 e. The van der Waals surface area contributed by atoms with Gasteiger partial charge in [0, 0.05) is 17.2 Å². The van der Waals surface area contributed by atoms with Crippen LogP contribution in [0, 0.1) is 5.82 Å². The summed E-state index contributed by atoms with van der Waals surface area (Å²) < 4.78 is 66.0. The molecule has 0 aromatic heterocycles. The Morgan fingerprint density at radius 2 is 1.68 bits per heavy atom. The minimum atomic E-state index is -4.80. The van der Waals surface area contributed by atoms with Crippen molar-refractivity contribution in [1.29, 1.82) is 0 Å². The van der Waals surface area contributed by atoms with E-state index in [0.717, 1.165) is 6.08 Å². The van der Waals surface area contributed by atoms with Crippen molar-refractivity contribution < 1.29 is 36.9 Å². The zero-order valence-electron chi connectivity index (χ0n) is 20.9. The van der Waals surface area contributed by atoms with Gasteiger partial charge in [-0.05, 0) is 47.5 Å². The number of ether oxygens (including phenoxy) is 2. The lowest BCUT2D eigenvalue weighted by Crippen LogP contribution is -2.36. The van der Waals surface area contributed by atoms with E-state index in [2.05, 4.69) is 11.6 Å². The number of carboxylic acids is 1. The standard InChI is InChI=1S/C28H26F4N4O4/c1-16(13-24(36-27(34)35)18-9-11-22(12-10-18)39-15-23(33)26(37)38)40-25(28(30,31)32)19-7-5-17(6-8-19)20-3-2-4-21(29)14-20/h2-14,23,25H,1,15,33H2,(H,37,38)(H4,34,35,36)/b24-13-/t23-,25-/m0/s1. The van der Waals surface area contributed by atoms with Crippen LogP contribution in [0.25, 0.3) is 16.8 Å². The van der Waals surface area contributed by atoms with Crippen molar-refractivity contribution in [3.05, 3.63) is 108 Å². The van der Waals surface area contributed by atoms with Crippen LogP contribution in [0.2, 0.25) is 0 Å².